The van der Waals surface area contributed by atoms with E-state index in [0.29, 0.717) is 60.9 Å². The van der Waals surface area contributed by atoms with Gasteiger partial charge in [-0.25, -0.2) is 13.4 Å². The monoisotopic (exact) mass is 428 g/mol. The Morgan fingerprint density at radius 3 is 2.40 bits per heavy atom. The fourth-order valence-corrected chi connectivity index (χ4v) is 4.98. The van der Waals surface area contributed by atoms with Crippen molar-refractivity contribution >= 4 is 32.7 Å². The van der Waals surface area contributed by atoms with Gasteiger partial charge in [0.25, 0.3) is 0 Å². The molecule has 1 aromatic heterocycles. The fraction of sp³-hybridized carbons (Fsp3) is 0.300. The lowest BCUT2D eigenvalue weighted by atomic mass is 10.2. The highest BCUT2D eigenvalue weighted by Gasteiger charge is 2.28. The van der Waals surface area contributed by atoms with E-state index in [9.17, 15) is 8.42 Å². The summed E-state index contributed by atoms with van der Waals surface area (Å²) >= 11 is 0. The molecule has 1 aliphatic rings. The van der Waals surface area contributed by atoms with Gasteiger partial charge in [0.15, 0.2) is 0 Å². The van der Waals surface area contributed by atoms with Crippen LogP contribution in [0.3, 0.4) is 0 Å². The van der Waals surface area contributed by atoms with Crippen LogP contribution in [0, 0.1) is 0 Å². The second-order valence-corrected chi connectivity index (χ2v) is 8.96. The predicted octanol–water partition coefficient (Wildman–Crippen LogP) is 1.18. The number of benzene rings is 2. The van der Waals surface area contributed by atoms with Crippen LogP contribution in [0.1, 0.15) is 0 Å². The topological polar surface area (TPSA) is 128 Å². The zero-order chi connectivity index (χ0) is 21.1. The minimum atomic E-state index is -3.44. The summed E-state index contributed by atoms with van der Waals surface area (Å²) in [5.41, 5.74) is 12.3. The minimum absolute atomic E-state index is 0.125. The van der Waals surface area contributed by atoms with Crippen molar-refractivity contribution < 1.29 is 13.2 Å². The number of fused-ring (bicyclic) bond motifs is 1. The van der Waals surface area contributed by atoms with E-state index < -0.39 is 10.0 Å². The van der Waals surface area contributed by atoms with Crippen LogP contribution in [0.25, 0.3) is 10.9 Å². The van der Waals surface area contributed by atoms with Crippen molar-refractivity contribution in [2.24, 2.45) is 0 Å². The average molecular weight is 429 g/mol. The SMILES string of the molecule is Nc1nc(N)c2c(OCCN3CCN(S(=O)(=O)c4ccccc4)CC3)cccc2n1. The van der Waals surface area contributed by atoms with Gasteiger partial charge in [-0.05, 0) is 24.3 Å². The van der Waals surface area contributed by atoms with Crippen LogP contribution in [0.5, 0.6) is 5.75 Å². The lowest BCUT2D eigenvalue weighted by Crippen LogP contribution is -2.49. The molecule has 1 saturated heterocycles. The van der Waals surface area contributed by atoms with Crippen LogP contribution in [-0.4, -0.2) is 66.9 Å². The van der Waals surface area contributed by atoms with Gasteiger partial charge in [-0.2, -0.15) is 9.29 Å². The van der Waals surface area contributed by atoms with E-state index in [1.807, 2.05) is 24.3 Å². The van der Waals surface area contributed by atoms with E-state index in [1.165, 1.54) is 4.31 Å². The zero-order valence-electron chi connectivity index (χ0n) is 16.4. The summed E-state index contributed by atoms with van der Waals surface area (Å²) < 4.78 is 32.9. The maximum atomic E-state index is 12.7. The standard InChI is InChI=1S/C20H24N6O3S/c21-19-18-16(23-20(22)24-19)7-4-8-17(18)29-14-13-25-9-11-26(12-10-25)30(27,28)15-5-2-1-3-6-15/h1-8H,9-14H2,(H4,21,22,23,24). The van der Waals surface area contributed by atoms with Gasteiger partial charge in [-0.15, -0.1) is 0 Å². The average Bonchev–Trinajstić information content (AvgIpc) is 2.74. The molecule has 0 saturated carbocycles. The van der Waals surface area contributed by atoms with E-state index in [0.717, 1.165) is 0 Å². The van der Waals surface area contributed by atoms with Crippen molar-refractivity contribution in [3.05, 3.63) is 48.5 Å². The van der Waals surface area contributed by atoms with Crippen LogP contribution >= 0.6 is 0 Å². The Kier molecular flexibility index (Phi) is 5.71. The molecule has 30 heavy (non-hydrogen) atoms. The molecule has 4 N–H and O–H groups in total. The number of aromatic nitrogens is 2. The van der Waals surface area contributed by atoms with Crippen molar-refractivity contribution in [3.63, 3.8) is 0 Å². The zero-order valence-corrected chi connectivity index (χ0v) is 17.3. The Morgan fingerprint density at radius 2 is 1.67 bits per heavy atom. The van der Waals surface area contributed by atoms with Crippen LogP contribution in [0.2, 0.25) is 0 Å². The van der Waals surface area contributed by atoms with Crippen molar-refractivity contribution in [2.75, 3.05) is 50.8 Å². The highest BCUT2D eigenvalue weighted by molar-refractivity contribution is 7.89. The maximum absolute atomic E-state index is 12.7. The Hall–Kier alpha value is -2.95. The summed E-state index contributed by atoms with van der Waals surface area (Å²) in [6.07, 6.45) is 0. The smallest absolute Gasteiger partial charge is 0.243 e. The van der Waals surface area contributed by atoms with E-state index in [-0.39, 0.29) is 11.8 Å². The summed E-state index contributed by atoms with van der Waals surface area (Å²) in [5.74, 6) is 1.02. The van der Waals surface area contributed by atoms with Gasteiger partial charge in [0.2, 0.25) is 16.0 Å². The first-order valence-corrected chi connectivity index (χ1v) is 11.1. The molecule has 2 aromatic carbocycles. The number of nitrogens with zero attached hydrogens (tertiary/aromatic N) is 4. The van der Waals surface area contributed by atoms with E-state index >= 15 is 0 Å². The Labute approximate surface area is 175 Å². The van der Waals surface area contributed by atoms with Crippen LogP contribution < -0.4 is 16.2 Å². The normalized spacial score (nSPS) is 16.0. The highest BCUT2D eigenvalue weighted by atomic mass is 32.2. The molecule has 2 heterocycles. The molecule has 0 unspecified atom stereocenters. The maximum Gasteiger partial charge on any atom is 0.243 e. The second kappa shape index (κ2) is 8.42. The van der Waals surface area contributed by atoms with E-state index in [1.54, 1.807) is 24.3 Å². The number of nitrogens with two attached hydrogens (primary N) is 2. The number of sulfonamides is 1. The third kappa shape index (κ3) is 4.16. The van der Waals surface area contributed by atoms with Gasteiger partial charge in [0, 0.05) is 32.7 Å². The van der Waals surface area contributed by atoms with Crippen molar-refractivity contribution in [3.8, 4) is 5.75 Å². The van der Waals surface area contributed by atoms with Gasteiger partial charge in [-0.3, -0.25) is 4.90 Å². The molecule has 0 bridgehead atoms. The number of anilines is 2. The van der Waals surface area contributed by atoms with Crippen molar-refractivity contribution in [2.45, 2.75) is 4.90 Å². The minimum Gasteiger partial charge on any atom is -0.491 e. The molecule has 158 valence electrons. The number of rotatable bonds is 6. The summed E-state index contributed by atoms with van der Waals surface area (Å²) in [7, 11) is -3.44. The Bertz CT molecular complexity index is 1130. The van der Waals surface area contributed by atoms with Gasteiger partial charge in [0.05, 0.1) is 15.8 Å². The van der Waals surface area contributed by atoms with Crippen molar-refractivity contribution in [1.29, 1.82) is 0 Å². The van der Waals surface area contributed by atoms with E-state index in [2.05, 4.69) is 14.9 Å². The second-order valence-electron chi connectivity index (χ2n) is 7.02. The van der Waals surface area contributed by atoms with Gasteiger partial charge in [-0.1, -0.05) is 24.3 Å². The molecule has 1 aliphatic heterocycles. The van der Waals surface area contributed by atoms with Crippen LogP contribution in [-0.2, 0) is 10.0 Å². The lowest BCUT2D eigenvalue weighted by Gasteiger charge is -2.33. The van der Waals surface area contributed by atoms with Crippen LogP contribution in [0.15, 0.2) is 53.4 Å². The highest BCUT2D eigenvalue weighted by Crippen LogP contribution is 2.29. The first-order chi connectivity index (χ1) is 14.4. The first kappa shape index (κ1) is 20.3. The number of ether oxygens (including phenoxy) is 1. The molecule has 3 aromatic rings. The molecular weight excluding hydrogens is 404 g/mol. The molecule has 0 amide bonds. The third-order valence-corrected chi connectivity index (χ3v) is 7.02. The van der Waals surface area contributed by atoms with Crippen molar-refractivity contribution in [1.82, 2.24) is 19.2 Å². The molecule has 1 fully saturated rings. The third-order valence-electron chi connectivity index (χ3n) is 5.11. The lowest BCUT2D eigenvalue weighted by molar-refractivity contribution is 0.159. The molecule has 0 aliphatic carbocycles. The molecular formula is C20H24N6O3S. The van der Waals surface area contributed by atoms with Gasteiger partial charge in [0.1, 0.15) is 18.2 Å². The number of hydrogen-bond acceptors (Lipinski definition) is 8. The largest absolute Gasteiger partial charge is 0.491 e. The van der Waals surface area contributed by atoms with Gasteiger partial charge >= 0.3 is 0 Å². The molecule has 0 atom stereocenters. The molecule has 4 rings (SSSR count). The van der Waals surface area contributed by atoms with Gasteiger partial charge < -0.3 is 16.2 Å². The van der Waals surface area contributed by atoms with Crippen LogP contribution in [0.4, 0.5) is 11.8 Å². The Morgan fingerprint density at radius 1 is 0.933 bits per heavy atom. The first-order valence-electron chi connectivity index (χ1n) is 9.67. The summed E-state index contributed by atoms with van der Waals surface area (Å²) in [6, 6.07) is 14.0. The molecule has 0 spiro atoms. The molecule has 9 nitrogen and oxygen atoms in total. The quantitative estimate of drug-likeness (QED) is 0.599. The summed E-state index contributed by atoms with van der Waals surface area (Å²) in [5, 5.41) is 0.644. The Balaban J connectivity index is 1.33. The summed E-state index contributed by atoms with van der Waals surface area (Å²) in [4.78, 5) is 10.7. The fourth-order valence-electron chi connectivity index (χ4n) is 3.54. The summed E-state index contributed by atoms with van der Waals surface area (Å²) in [6.45, 7) is 3.30. The number of piperazine rings is 1. The number of hydrogen-bond donors (Lipinski definition) is 2. The predicted molar refractivity (Wildman–Crippen MR) is 115 cm³/mol. The van der Waals surface area contributed by atoms with E-state index in [4.69, 9.17) is 16.2 Å². The molecule has 10 heteroatoms. The number of nitrogen functional groups attached to an aromatic ring is 2. The molecule has 0 radical (unpaired) electrons.